The minimum Gasteiger partial charge on any atom is -0.489 e. The van der Waals surface area contributed by atoms with Gasteiger partial charge in [0.25, 0.3) is 0 Å². The molecule has 1 heterocycles. The van der Waals surface area contributed by atoms with Crippen molar-refractivity contribution in [1.29, 1.82) is 0 Å². The fourth-order valence-corrected chi connectivity index (χ4v) is 3.11. The van der Waals surface area contributed by atoms with Gasteiger partial charge in [0.15, 0.2) is 0 Å². The van der Waals surface area contributed by atoms with Crippen molar-refractivity contribution in [2.24, 2.45) is 0 Å². The maximum atomic E-state index is 13.0. The van der Waals surface area contributed by atoms with E-state index in [9.17, 15) is 9.18 Å². The van der Waals surface area contributed by atoms with Crippen molar-refractivity contribution < 1.29 is 13.5 Å². The van der Waals surface area contributed by atoms with Gasteiger partial charge in [-0.15, -0.1) is 0 Å². The summed E-state index contributed by atoms with van der Waals surface area (Å²) in [5.41, 5.74) is 3.24. The van der Waals surface area contributed by atoms with Crippen LogP contribution in [0, 0.1) is 12.7 Å². The van der Waals surface area contributed by atoms with Crippen LogP contribution >= 0.6 is 0 Å². The molecule has 0 saturated heterocycles. The topological polar surface area (TPSA) is 39.4 Å². The van der Waals surface area contributed by atoms with Crippen molar-refractivity contribution in [2.45, 2.75) is 13.5 Å². The molecule has 4 heteroatoms. The van der Waals surface area contributed by atoms with E-state index in [1.54, 1.807) is 18.2 Å². The van der Waals surface area contributed by atoms with E-state index in [1.807, 2.05) is 49.4 Å². The second-order valence-electron chi connectivity index (χ2n) is 6.33. The molecule has 0 saturated carbocycles. The van der Waals surface area contributed by atoms with Gasteiger partial charge in [-0.05, 0) is 47.9 Å². The number of benzene rings is 3. The number of ether oxygens (including phenoxy) is 1. The molecule has 0 fully saturated rings. The molecule has 4 aromatic rings. The number of hydrogen-bond acceptors (Lipinski definition) is 3. The van der Waals surface area contributed by atoms with Crippen molar-refractivity contribution in [3.8, 4) is 16.9 Å². The summed E-state index contributed by atoms with van der Waals surface area (Å²) < 4.78 is 24.3. The van der Waals surface area contributed by atoms with E-state index in [0.29, 0.717) is 23.5 Å². The number of fused-ring (bicyclic) bond motifs is 1. The maximum Gasteiger partial charge on any atom is 0.344 e. The lowest BCUT2D eigenvalue weighted by Gasteiger charge is -2.10. The van der Waals surface area contributed by atoms with Gasteiger partial charge in [0.05, 0.1) is 5.56 Å². The molecule has 0 aliphatic rings. The van der Waals surface area contributed by atoms with Crippen LogP contribution < -0.4 is 10.4 Å². The molecule has 0 radical (unpaired) electrons. The fraction of sp³-hybridized carbons (Fsp3) is 0.0870. The highest BCUT2D eigenvalue weighted by atomic mass is 19.1. The maximum absolute atomic E-state index is 13.0. The van der Waals surface area contributed by atoms with Gasteiger partial charge in [-0.25, -0.2) is 9.18 Å². The Morgan fingerprint density at radius 3 is 2.44 bits per heavy atom. The van der Waals surface area contributed by atoms with Crippen LogP contribution in [0.1, 0.15) is 11.1 Å². The highest BCUT2D eigenvalue weighted by Gasteiger charge is 2.13. The lowest BCUT2D eigenvalue weighted by atomic mass is 10.00. The Bertz CT molecular complexity index is 1150. The first kappa shape index (κ1) is 17.0. The van der Waals surface area contributed by atoms with Gasteiger partial charge < -0.3 is 9.15 Å². The first-order valence-electron chi connectivity index (χ1n) is 8.62. The van der Waals surface area contributed by atoms with Crippen LogP contribution in [0.2, 0.25) is 0 Å². The molecule has 0 aliphatic carbocycles. The summed E-state index contributed by atoms with van der Waals surface area (Å²) in [7, 11) is 0. The largest absolute Gasteiger partial charge is 0.489 e. The van der Waals surface area contributed by atoms with Crippen LogP contribution in [0.4, 0.5) is 4.39 Å². The zero-order valence-electron chi connectivity index (χ0n) is 14.7. The molecule has 0 unspecified atom stereocenters. The quantitative estimate of drug-likeness (QED) is 0.452. The van der Waals surface area contributed by atoms with Gasteiger partial charge in [0.1, 0.15) is 23.8 Å². The Morgan fingerprint density at radius 1 is 0.963 bits per heavy atom. The normalized spacial score (nSPS) is 10.9. The van der Waals surface area contributed by atoms with Crippen LogP contribution in [-0.2, 0) is 6.61 Å². The third-order valence-electron chi connectivity index (χ3n) is 4.52. The molecule has 1 aromatic heterocycles. The summed E-state index contributed by atoms with van der Waals surface area (Å²) in [6.45, 7) is 2.22. The van der Waals surface area contributed by atoms with E-state index in [2.05, 4.69) is 0 Å². The SMILES string of the molecule is Cc1c(-c2ccccc2)c(=O)oc2cc(OCc3ccc(F)cc3)ccc12. The van der Waals surface area contributed by atoms with Gasteiger partial charge >= 0.3 is 5.63 Å². The zero-order valence-corrected chi connectivity index (χ0v) is 14.7. The Labute approximate surface area is 155 Å². The molecule has 0 bridgehead atoms. The highest BCUT2D eigenvalue weighted by Crippen LogP contribution is 2.29. The second kappa shape index (κ2) is 7.08. The molecule has 0 spiro atoms. The number of hydrogen-bond donors (Lipinski definition) is 0. The Kier molecular flexibility index (Phi) is 4.47. The summed E-state index contributed by atoms with van der Waals surface area (Å²) in [4.78, 5) is 12.5. The summed E-state index contributed by atoms with van der Waals surface area (Å²) in [6.07, 6.45) is 0. The Morgan fingerprint density at radius 2 is 1.70 bits per heavy atom. The predicted octanol–water partition coefficient (Wildman–Crippen LogP) is 5.49. The van der Waals surface area contributed by atoms with Gasteiger partial charge in [0, 0.05) is 11.5 Å². The van der Waals surface area contributed by atoms with Gasteiger partial charge in [-0.2, -0.15) is 0 Å². The molecule has 0 amide bonds. The van der Waals surface area contributed by atoms with Crippen molar-refractivity contribution >= 4 is 11.0 Å². The van der Waals surface area contributed by atoms with E-state index in [4.69, 9.17) is 9.15 Å². The summed E-state index contributed by atoms with van der Waals surface area (Å²) >= 11 is 0. The standard InChI is InChI=1S/C23H17FO3/c1-15-20-12-11-19(26-14-16-7-9-18(24)10-8-16)13-21(20)27-23(25)22(15)17-5-3-2-4-6-17/h2-13H,14H2,1H3. The van der Waals surface area contributed by atoms with Crippen LogP contribution in [0.25, 0.3) is 22.1 Å². The van der Waals surface area contributed by atoms with E-state index >= 15 is 0 Å². The van der Waals surface area contributed by atoms with E-state index in [0.717, 1.165) is 22.1 Å². The van der Waals surface area contributed by atoms with Crippen LogP contribution in [-0.4, -0.2) is 0 Å². The molecule has 3 nitrogen and oxygen atoms in total. The van der Waals surface area contributed by atoms with Gasteiger partial charge in [-0.3, -0.25) is 0 Å². The summed E-state index contributed by atoms with van der Waals surface area (Å²) in [5.74, 6) is 0.303. The average Bonchev–Trinajstić information content (AvgIpc) is 2.68. The highest BCUT2D eigenvalue weighted by molar-refractivity contribution is 5.87. The van der Waals surface area contributed by atoms with Crippen LogP contribution in [0.15, 0.2) is 82.0 Å². The number of rotatable bonds is 4. The lowest BCUT2D eigenvalue weighted by molar-refractivity contribution is 0.306. The van der Waals surface area contributed by atoms with Crippen molar-refractivity contribution in [3.05, 3.63) is 100 Å². The van der Waals surface area contributed by atoms with E-state index < -0.39 is 0 Å². The molecule has 0 N–H and O–H groups in total. The monoisotopic (exact) mass is 360 g/mol. The van der Waals surface area contributed by atoms with Crippen LogP contribution in [0.5, 0.6) is 5.75 Å². The van der Waals surface area contributed by atoms with Crippen LogP contribution in [0.3, 0.4) is 0 Å². The molecule has 134 valence electrons. The fourth-order valence-electron chi connectivity index (χ4n) is 3.11. The Hall–Kier alpha value is -3.40. The molecular weight excluding hydrogens is 343 g/mol. The minimum atomic E-state index is -0.373. The third-order valence-corrected chi connectivity index (χ3v) is 4.52. The molecule has 0 aliphatic heterocycles. The van der Waals surface area contributed by atoms with Gasteiger partial charge in [-0.1, -0.05) is 42.5 Å². The minimum absolute atomic E-state index is 0.282. The molecule has 4 rings (SSSR count). The van der Waals surface area contributed by atoms with E-state index in [-0.39, 0.29) is 11.4 Å². The van der Waals surface area contributed by atoms with Crippen molar-refractivity contribution in [3.63, 3.8) is 0 Å². The lowest BCUT2D eigenvalue weighted by Crippen LogP contribution is -2.06. The average molecular weight is 360 g/mol. The van der Waals surface area contributed by atoms with Crippen molar-refractivity contribution in [2.75, 3.05) is 0 Å². The van der Waals surface area contributed by atoms with E-state index in [1.165, 1.54) is 12.1 Å². The zero-order chi connectivity index (χ0) is 18.8. The molecular formula is C23H17FO3. The molecule has 27 heavy (non-hydrogen) atoms. The first-order valence-corrected chi connectivity index (χ1v) is 8.62. The number of halogens is 1. The summed E-state index contributed by atoms with van der Waals surface area (Å²) in [5, 5.41) is 0.864. The van der Waals surface area contributed by atoms with Crippen molar-refractivity contribution in [1.82, 2.24) is 0 Å². The number of aryl methyl sites for hydroxylation is 1. The molecule has 0 atom stereocenters. The second-order valence-corrected chi connectivity index (χ2v) is 6.33. The molecule has 3 aromatic carbocycles. The van der Waals surface area contributed by atoms with Gasteiger partial charge in [0.2, 0.25) is 0 Å². The first-order chi connectivity index (χ1) is 13.1. The smallest absolute Gasteiger partial charge is 0.344 e. The predicted molar refractivity (Wildman–Crippen MR) is 103 cm³/mol. The third kappa shape index (κ3) is 3.47. The Balaban J connectivity index is 1.67. The summed E-state index contributed by atoms with van der Waals surface area (Å²) in [6, 6.07) is 21.1.